The van der Waals surface area contributed by atoms with Crippen molar-refractivity contribution < 1.29 is 14.7 Å². The van der Waals surface area contributed by atoms with E-state index in [0.29, 0.717) is 18.0 Å². The molecule has 1 heterocycles. The predicted molar refractivity (Wildman–Crippen MR) is 214 cm³/mol. The normalized spacial score (nSPS) is 15.0. The zero-order valence-corrected chi connectivity index (χ0v) is 31.8. The summed E-state index contributed by atoms with van der Waals surface area (Å²) in [5, 5.41) is 10.8. The van der Waals surface area contributed by atoms with Crippen molar-refractivity contribution in [1.29, 1.82) is 0 Å². The van der Waals surface area contributed by atoms with Gasteiger partial charge >= 0.3 is 5.97 Å². The van der Waals surface area contributed by atoms with Gasteiger partial charge in [-0.2, -0.15) is 0 Å². The minimum absolute atomic E-state index is 0.0459. The fraction of sp³-hybridized carbons (Fsp3) is 0.477. The third-order valence-electron chi connectivity index (χ3n) is 8.12. The molecule has 1 fully saturated rings. The largest absolute Gasteiger partial charge is 0.481 e. The fourth-order valence-electron chi connectivity index (χ4n) is 5.46. The second kappa shape index (κ2) is 29.0. The Hall–Kier alpha value is -3.99. The van der Waals surface area contributed by atoms with E-state index in [1.54, 1.807) is 19.1 Å². The molecule has 3 rings (SSSR count). The van der Waals surface area contributed by atoms with Gasteiger partial charge in [0.05, 0.1) is 11.3 Å². The number of allylic oxidation sites excluding steroid dienone is 12. The van der Waals surface area contributed by atoms with Gasteiger partial charge in [-0.25, -0.2) is 0 Å². The highest BCUT2D eigenvalue weighted by Crippen LogP contribution is 2.31. The minimum atomic E-state index is -0.745. The van der Waals surface area contributed by atoms with Crippen LogP contribution in [0, 0.1) is 12.8 Å². The van der Waals surface area contributed by atoms with Gasteiger partial charge in [-0.3, -0.25) is 14.6 Å². The molecule has 0 aliphatic heterocycles. The van der Waals surface area contributed by atoms with Crippen molar-refractivity contribution in [3.63, 3.8) is 0 Å². The van der Waals surface area contributed by atoms with Gasteiger partial charge in [-0.15, -0.1) is 0 Å². The maximum atomic E-state index is 12.9. The summed E-state index contributed by atoms with van der Waals surface area (Å²) in [5.41, 5.74) is 6.99. The van der Waals surface area contributed by atoms with Crippen LogP contribution in [-0.4, -0.2) is 28.5 Å². The lowest BCUT2D eigenvalue weighted by atomic mass is 9.85. The average Bonchev–Trinajstić information content (AvgIpc) is 3.34. The zero-order chi connectivity index (χ0) is 36.9. The molecule has 5 heteroatoms. The zero-order valence-electron chi connectivity index (χ0n) is 31.8. The molecule has 0 bridgehead atoms. The summed E-state index contributed by atoms with van der Waals surface area (Å²) in [4.78, 5) is 27.1. The number of pyridine rings is 1. The van der Waals surface area contributed by atoms with Crippen LogP contribution in [0.5, 0.6) is 0 Å². The van der Waals surface area contributed by atoms with Crippen molar-refractivity contribution in [1.82, 2.24) is 10.3 Å². The summed E-state index contributed by atoms with van der Waals surface area (Å²) >= 11 is 0. The summed E-state index contributed by atoms with van der Waals surface area (Å²) < 4.78 is 0. The topological polar surface area (TPSA) is 79.3 Å². The van der Waals surface area contributed by atoms with E-state index in [9.17, 15) is 9.59 Å². The number of aromatic nitrogens is 1. The number of nitrogens with zero attached hydrogens (tertiary/aromatic N) is 1. The van der Waals surface area contributed by atoms with Gasteiger partial charge < -0.3 is 10.4 Å². The molecule has 1 aromatic rings. The fourth-order valence-corrected chi connectivity index (χ4v) is 5.46. The minimum Gasteiger partial charge on any atom is -0.481 e. The molecule has 1 aromatic heterocycles. The number of aryl methyl sites for hydroxylation is 1. The van der Waals surface area contributed by atoms with E-state index in [0.717, 1.165) is 48.2 Å². The molecule has 2 N–H and O–H groups in total. The first-order chi connectivity index (χ1) is 23.7. The number of carboxylic acids is 1. The van der Waals surface area contributed by atoms with Gasteiger partial charge in [0.15, 0.2) is 0 Å². The molecule has 1 amide bonds. The quantitative estimate of drug-likeness (QED) is 0.171. The third kappa shape index (κ3) is 19.6. The van der Waals surface area contributed by atoms with E-state index in [-0.39, 0.29) is 12.3 Å². The van der Waals surface area contributed by atoms with Crippen LogP contribution in [0.15, 0.2) is 90.6 Å². The molecule has 0 aromatic carbocycles. The Bertz CT molecular complexity index is 1320. The molecule has 0 unspecified atom stereocenters. The summed E-state index contributed by atoms with van der Waals surface area (Å²) in [6, 6.07) is 1.87. The molecule has 0 radical (unpaired) electrons. The third-order valence-corrected chi connectivity index (χ3v) is 8.12. The number of carboxylic acid groups (broad SMARTS) is 1. The molecule has 1 saturated carbocycles. The molecular weight excluding hydrogens is 604 g/mol. The van der Waals surface area contributed by atoms with Gasteiger partial charge in [0.1, 0.15) is 0 Å². The Kier molecular flexibility index (Phi) is 26.6. The number of carbonyl (C=O) groups is 2. The molecular formula is C44H66N2O3. The van der Waals surface area contributed by atoms with Crippen molar-refractivity contribution in [2.24, 2.45) is 5.92 Å². The number of amides is 1. The Balaban J connectivity index is 0.00000139. The lowest BCUT2D eigenvalue weighted by Gasteiger charge is -2.20. The number of hydrogen-bond acceptors (Lipinski definition) is 3. The Morgan fingerprint density at radius 2 is 1.63 bits per heavy atom. The molecule has 2 aliphatic carbocycles. The first-order valence-corrected chi connectivity index (χ1v) is 18.5. The summed E-state index contributed by atoms with van der Waals surface area (Å²) in [7, 11) is 0. The highest BCUT2D eigenvalue weighted by Gasteiger charge is 2.17. The second-order valence-electron chi connectivity index (χ2n) is 12.0. The van der Waals surface area contributed by atoms with Crippen LogP contribution in [0.1, 0.15) is 146 Å². The van der Waals surface area contributed by atoms with Crippen LogP contribution in [0.4, 0.5) is 0 Å². The molecule has 0 saturated heterocycles. The van der Waals surface area contributed by atoms with Crippen LogP contribution in [0.25, 0.3) is 12.2 Å². The lowest BCUT2D eigenvalue weighted by Crippen LogP contribution is -2.25. The van der Waals surface area contributed by atoms with E-state index in [2.05, 4.69) is 62.7 Å². The SMILES string of the molecule is C=C/C=C\C=C/C.C=Cc1c(C(=O)NCCCCC)cc(C)nc1/C=C(\C)C1=CCC=C(C2CCCCCCC2)C=C1.CC.CCC(=O)O. The second-order valence-corrected chi connectivity index (χ2v) is 12.0. The van der Waals surface area contributed by atoms with Crippen LogP contribution in [0.3, 0.4) is 0 Å². The van der Waals surface area contributed by atoms with Gasteiger partial charge in [0.2, 0.25) is 0 Å². The van der Waals surface area contributed by atoms with Crippen LogP contribution >= 0.6 is 0 Å². The first kappa shape index (κ1) is 45.0. The van der Waals surface area contributed by atoms with Crippen molar-refractivity contribution in [2.75, 3.05) is 6.54 Å². The van der Waals surface area contributed by atoms with Crippen molar-refractivity contribution in [3.05, 3.63) is 113 Å². The molecule has 2 aliphatic rings. The molecule has 49 heavy (non-hydrogen) atoms. The maximum Gasteiger partial charge on any atom is 0.303 e. The Morgan fingerprint density at radius 1 is 0.980 bits per heavy atom. The van der Waals surface area contributed by atoms with Crippen LogP contribution < -0.4 is 5.32 Å². The summed E-state index contributed by atoms with van der Waals surface area (Å²) in [5.74, 6) is -0.0896. The number of hydrogen-bond donors (Lipinski definition) is 2. The average molecular weight is 671 g/mol. The smallest absolute Gasteiger partial charge is 0.303 e. The van der Waals surface area contributed by atoms with Gasteiger partial charge in [0, 0.05) is 24.2 Å². The number of unbranched alkanes of at least 4 members (excludes halogenated alkanes) is 2. The highest BCUT2D eigenvalue weighted by molar-refractivity contribution is 5.99. The Morgan fingerprint density at radius 3 is 2.20 bits per heavy atom. The molecule has 0 atom stereocenters. The Labute approximate surface area is 299 Å². The number of aliphatic carboxylic acids is 1. The van der Waals surface area contributed by atoms with E-state index in [1.807, 2.05) is 58.1 Å². The van der Waals surface area contributed by atoms with Crippen LogP contribution in [0.2, 0.25) is 0 Å². The van der Waals surface area contributed by atoms with E-state index >= 15 is 0 Å². The predicted octanol–water partition coefficient (Wildman–Crippen LogP) is 12.3. The monoisotopic (exact) mass is 671 g/mol. The lowest BCUT2D eigenvalue weighted by molar-refractivity contribution is -0.136. The van der Waals surface area contributed by atoms with Gasteiger partial charge in [0.25, 0.3) is 5.91 Å². The number of rotatable bonds is 12. The standard InChI is InChI=1S/C32H44N2O.C7H10.C3H6O2.C2H6/c1-5-7-13-21-33-32(35)30-23-25(4)34-31(29(30)6-2)22-24(3)26-17-14-18-28(20-19-26)27-15-11-9-8-10-12-16-27;1-3-5-7-6-4-2;1-2-3(4)5;1-2/h6,17-20,22-23,27H,2,5,7-16,21H2,1,3-4H3,(H,33,35);3-7H,1H2,2H3;2H2,1H3,(H,4,5);1-2H3/b24-22+;6-4-,7-5-;;. The molecule has 270 valence electrons. The van der Waals surface area contributed by atoms with Crippen molar-refractivity contribution in [2.45, 2.75) is 126 Å². The first-order valence-electron chi connectivity index (χ1n) is 18.5. The highest BCUT2D eigenvalue weighted by atomic mass is 16.4. The van der Waals surface area contributed by atoms with Crippen molar-refractivity contribution in [3.8, 4) is 0 Å². The molecule has 0 spiro atoms. The van der Waals surface area contributed by atoms with E-state index in [4.69, 9.17) is 10.1 Å². The number of nitrogens with one attached hydrogen (secondary N) is 1. The maximum absolute atomic E-state index is 12.9. The van der Waals surface area contributed by atoms with Gasteiger partial charge in [-0.05, 0) is 81.2 Å². The molecule has 5 nitrogen and oxygen atoms in total. The number of carbonyl (C=O) groups excluding carboxylic acids is 1. The van der Waals surface area contributed by atoms with Crippen LogP contribution in [-0.2, 0) is 4.79 Å². The summed E-state index contributed by atoms with van der Waals surface area (Å²) in [6.07, 6.45) is 36.7. The van der Waals surface area contributed by atoms with Crippen molar-refractivity contribution >= 4 is 24.0 Å². The summed E-state index contributed by atoms with van der Waals surface area (Å²) in [6.45, 7) is 22.0. The van der Waals surface area contributed by atoms with Gasteiger partial charge in [-0.1, -0.05) is 147 Å². The van der Waals surface area contributed by atoms with E-state index in [1.165, 1.54) is 56.1 Å². The van der Waals surface area contributed by atoms with E-state index < -0.39 is 5.97 Å².